The SMILES string of the molecule is CC(c1ccc(Br)cc1)N1CCCC(Br)C1=O. The van der Waals surface area contributed by atoms with Crippen LogP contribution in [0.5, 0.6) is 0 Å². The molecule has 1 aromatic rings. The van der Waals surface area contributed by atoms with Crippen LogP contribution in [0.1, 0.15) is 31.4 Å². The summed E-state index contributed by atoms with van der Waals surface area (Å²) in [6.07, 6.45) is 2.02. The Bertz CT molecular complexity index is 404. The molecule has 0 spiro atoms. The number of piperidine rings is 1. The van der Waals surface area contributed by atoms with Crippen LogP contribution in [-0.4, -0.2) is 22.2 Å². The predicted octanol–water partition coefficient (Wildman–Crippen LogP) is 3.90. The Morgan fingerprint density at radius 3 is 2.65 bits per heavy atom. The number of halogens is 2. The maximum absolute atomic E-state index is 12.1. The highest BCUT2D eigenvalue weighted by Crippen LogP contribution is 2.28. The van der Waals surface area contributed by atoms with E-state index in [9.17, 15) is 4.79 Å². The molecule has 1 heterocycles. The van der Waals surface area contributed by atoms with Gasteiger partial charge >= 0.3 is 0 Å². The molecule has 2 atom stereocenters. The number of hydrogen-bond donors (Lipinski definition) is 0. The largest absolute Gasteiger partial charge is 0.335 e. The van der Waals surface area contributed by atoms with Crippen LogP contribution in [-0.2, 0) is 4.79 Å². The zero-order chi connectivity index (χ0) is 12.4. The Labute approximate surface area is 119 Å². The number of carbonyl (C=O) groups is 1. The van der Waals surface area contributed by atoms with Gasteiger partial charge in [0, 0.05) is 11.0 Å². The highest BCUT2D eigenvalue weighted by Gasteiger charge is 2.30. The van der Waals surface area contributed by atoms with Crippen molar-refractivity contribution in [3.05, 3.63) is 34.3 Å². The highest BCUT2D eigenvalue weighted by molar-refractivity contribution is 9.10. The van der Waals surface area contributed by atoms with Crippen LogP contribution < -0.4 is 0 Å². The smallest absolute Gasteiger partial charge is 0.236 e. The van der Waals surface area contributed by atoms with Gasteiger partial charge in [0.1, 0.15) is 0 Å². The van der Waals surface area contributed by atoms with Crippen molar-refractivity contribution in [3.8, 4) is 0 Å². The Kier molecular flexibility index (Phi) is 4.26. The topological polar surface area (TPSA) is 20.3 Å². The monoisotopic (exact) mass is 359 g/mol. The average molecular weight is 361 g/mol. The fourth-order valence-electron chi connectivity index (χ4n) is 2.16. The normalized spacial score (nSPS) is 22.6. The zero-order valence-electron chi connectivity index (χ0n) is 9.70. The number of amides is 1. The van der Waals surface area contributed by atoms with Gasteiger partial charge in [-0.3, -0.25) is 4.79 Å². The van der Waals surface area contributed by atoms with Crippen LogP contribution in [0, 0.1) is 0 Å². The third kappa shape index (κ3) is 2.91. The van der Waals surface area contributed by atoms with Crippen LogP contribution in [0.2, 0.25) is 0 Å². The third-order valence-electron chi connectivity index (χ3n) is 3.23. The predicted molar refractivity (Wildman–Crippen MR) is 76.2 cm³/mol. The minimum atomic E-state index is -0.00542. The molecule has 2 unspecified atom stereocenters. The van der Waals surface area contributed by atoms with E-state index in [2.05, 4.69) is 50.9 Å². The van der Waals surface area contributed by atoms with Crippen molar-refractivity contribution in [1.29, 1.82) is 0 Å². The summed E-state index contributed by atoms with van der Waals surface area (Å²) >= 11 is 6.87. The Morgan fingerprint density at radius 1 is 1.35 bits per heavy atom. The lowest BCUT2D eigenvalue weighted by atomic mass is 10.0. The first-order chi connectivity index (χ1) is 8.09. The van der Waals surface area contributed by atoms with E-state index in [-0.39, 0.29) is 16.8 Å². The molecule has 1 amide bonds. The first-order valence-corrected chi connectivity index (χ1v) is 7.50. The van der Waals surface area contributed by atoms with Crippen LogP contribution in [0.4, 0.5) is 0 Å². The van der Waals surface area contributed by atoms with E-state index in [1.165, 1.54) is 5.56 Å². The van der Waals surface area contributed by atoms with Crippen LogP contribution in [0.15, 0.2) is 28.7 Å². The molecule has 0 bridgehead atoms. The molecular formula is C13H15Br2NO. The molecule has 1 fully saturated rings. The van der Waals surface area contributed by atoms with Gasteiger partial charge in [0.05, 0.1) is 10.9 Å². The summed E-state index contributed by atoms with van der Waals surface area (Å²) in [5, 5.41) is 0. The Balaban J connectivity index is 2.16. The standard InChI is InChI=1S/C13H15Br2NO/c1-9(10-4-6-11(14)7-5-10)16-8-2-3-12(15)13(16)17/h4-7,9,12H,2-3,8H2,1H3. The van der Waals surface area contributed by atoms with Crippen molar-refractivity contribution < 1.29 is 4.79 Å². The molecule has 0 saturated carbocycles. The number of benzene rings is 1. The van der Waals surface area contributed by atoms with Crippen molar-refractivity contribution in [3.63, 3.8) is 0 Å². The summed E-state index contributed by atoms with van der Waals surface area (Å²) in [4.78, 5) is 14.0. The summed E-state index contributed by atoms with van der Waals surface area (Å²) < 4.78 is 1.07. The quantitative estimate of drug-likeness (QED) is 0.732. The number of rotatable bonds is 2. The minimum absolute atomic E-state index is 0.00542. The van der Waals surface area contributed by atoms with E-state index >= 15 is 0 Å². The maximum atomic E-state index is 12.1. The van der Waals surface area contributed by atoms with Gasteiger partial charge in [0.15, 0.2) is 0 Å². The molecule has 2 rings (SSSR count). The van der Waals surface area contributed by atoms with Crippen molar-refractivity contribution in [2.24, 2.45) is 0 Å². The molecule has 2 nitrogen and oxygen atoms in total. The van der Waals surface area contributed by atoms with Gasteiger partial charge in [-0.1, -0.05) is 44.0 Å². The van der Waals surface area contributed by atoms with Gasteiger partial charge in [-0.05, 0) is 37.5 Å². The Hall–Kier alpha value is -0.350. The second-order valence-corrected chi connectivity index (χ2v) is 6.39. The molecule has 0 aromatic heterocycles. The molecular weight excluding hydrogens is 346 g/mol. The van der Waals surface area contributed by atoms with E-state index in [0.29, 0.717) is 0 Å². The van der Waals surface area contributed by atoms with Crippen LogP contribution in [0.25, 0.3) is 0 Å². The second kappa shape index (κ2) is 5.53. The van der Waals surface area contributed by atoms with Gasteiger partial charge in [-0.15, -0.1) is 0 Å². The average Bonchev–Trinajstić information content (AvgIpc) is 2.33. The van der Waals surface area contributed by atoms with Crippen molar-refractivity contribution in [2.45, 2.75) is 30.6 Å². The van der Waals surface area contributed by atoms with Crippen LogP contribution >= 0.6 is 31.9 Å². The number of carbonyl (C=O) groups excluding carboxylic acids is 1. The molecule has 0 radical (unpaired) electrons. The summed E-state index contributed by atoms with van der Waals surface area (Å²) in [7, 11) is 0. The number of nitrogens with zero attached hydrogens (tertiary/aromatic N) is 1. The van der Waals surface area contributed by atoms with Gasteiger partial charge in [0.2, 0.25) is 5.91 Å². The lowest BCUT2D eigenvalue weighted by Crippen LogP contribution is -2.43. The molecule has 17 heavy (non-hydrogen) atoms. The molecule has 1 aliphatic heterocycles. The lowest BCUT2D eigenvalue weighted by molar-refractivity contribution is -0.134. The molecule has 4 heteroatoms. The van der Waals surface area contributed by atoms with Crippen molar-refractivity contribution >= 4 is 37.8 Å². The minimum Gasteiger partial charge on any atom is -0.335 e. The van der Waals surface area contributed by atoms with E-state index in [0.717, 1.165) is 23.9 Å². The number of likely N-dealkylation sites (tertiary alicyclic amines) is 1. The van der Waals surface area contributed by atoms with Gasteiger partial charge in [0.25, 0.3) is 0 Å². The molecule has 92 valence electrons. The molecule has 1 aliphatic rings. The molecule has 1 aromatic carbocycles. The summed E-state index contributed by atoms with van der Waals surface area (Å²) in [6, 6.07) is 8.33. The molecule has 1 saturated heterocycles. The van der Waals surface area contributed by atoms with Gasteiger partial charge in [-0.25, -0.2) is 0 Å². The first-order valence-electron chi connectivity index (χ1n) is 5.79. The van der Waals surface area contributed by atoms with Gasteiger partial charge in [-0.2, -0.15) is 0 Å². The number of alkyl halides is 1. The first kappa shape index (κ1) is 13.1. The fourth-order valence-corrected chi connectivity index (χ4v) is 3.01. The zero-order valence-corrected chi connectivity index (χ0v) is 12.9. The Morgan fingerprint density at radius 2 is 2.00 bits per heavy atom. The molecule has 0 aliphatic carbocycles. The highest BCUT2D eigenvalue weighted by atomic mass is 79.9. The van der Waals surface area contributed by atoms with Gasteiger partial charge < -0.3 is 4.90 Å². The maximum Gasteiger partial charge on any atom is 0.236 e. The summed E-state index contributed by atoms with van der Waals surface area (Å²) in [6.45, 7) is 2.95. The van der Waals surface area contributed by atoms with E-state index < -0.39 is 0 Å². The summed E-state index contributed by atoms with van der Waals surface area (Å²) in [5.74, 6) is 0.215. The van der Waals surface area contributed by atoms with E-state index in [1.54, 1.807) is 0 Å². The summed E-state index contributed by atoms with van der Waals surface area (Å²) in [5.41, 5.74) is 1.18. The van der Waals surface area contributed by atoms with Crippen molar-refractivity contribution in [1.82, 2.24) is 4.90 Å². The van der Waals surface area contributed by atoms with E-state index in [4.69, 9.17) is 0 Å². The van der Waals surface area contributed by atoms with Crippen molar-refractivity contribution in [2.75, 3.05) is 6.54 Å². The number of hydrogen-bond acceptors (Lipinski definition) is 1. The molecule has 0 N–H and O–H groups in total. The van der Waals surface area contributed by atoms with E-state index in [1.807, 2.05) is 17.0 Å². The third-order valence-corrected chi connectivity index (χ3v) is 4.61. The fraction of sp³-hybridized carbons (Fsp3) is 0.462. The second-order valence-electron chi connectivity index (χ2n) is 4.37. The van der Waals surface area contributed by atoms with Crippen LogP contribution in [0.3, 0.4) is 0 Å². The lowest BCUT2D eigenvalue weighted by Gasteiger charge is -2.35.